The third-order valence-corrected chi connectivity index (χ3v) is 19.9. The number of hydrogen-bond donors (Lipinski definition) is 5. The maximum Gasteiger partial charge on any atom is 0.335 e. The van der Waals surface area contributed by atoms with Crippen molar-refractivity contribution in [2.24, 2.45) is 23.7 Å². The van der Waals surface area contributed by atoms with Gasteiger partial charge in [-0.15, -0.1) is 22.7 Å². The molecule has 4 saturated carbocycles. The monoisotopic (exact) mass is 1220 g/mol. The molecule has 4 aromatic heterocycles. The second kappa shape index (κ2) is 21.8. The van der Waals surface area contributed by atoms with Crippen LogP contribution >= 0.6 is 69.1 Å². The van der Waals surface area contributed by atoms with Crippen LogP contribution in [0, 0.1) is 41.9 Å². The number of aliphatic hydroxyl groups is 4. The Bertz CT molecular complexity index is 3740. The molecule has 8 aromatic rings. The lowest BCUT2D eigenvalue weighted by atomic mass is 9.73. The van der Waals surface area contributed by atoms with Crippen LogP contribution in [0.25, 0.3) is 47.8 Å². The predicted octanol–water partition coefficient (Wildman–Crippen LogP) is 14.7. The fourth-order valence-corrected chi connectivity index (χ4v) is 16.2. The molecule has 4 aliphatic carbocycles. The Morgan fingerprint density at radius 3 is 1.43 bits per heavy atom. The van der Waals surface area contributed by atoms with Crippen LogP contribution in [0.4, 0.5) is 14.5 Å². The number of carbonyl (C=O) groups is 1. The normalized spacial score (nSPS) is 24.4. The highest BCUT2D eigenvalue weighted by Gasteiger charge is 2.58. The summed E-state index contributed by atoms with van der Waals surface area (Å²) in [5.74, 6) is -2.57. The first-order valence-electron chi connectivity index (χ1n) is 26.2. The van der Waals surface area contributed by atoms with Gasteiger partial charge in [-0.25, -0.2) is 28.4 Å². The Hall–Kier alpha value is -5.18. The summed E-state index contributed by atoms with van der Waals surface area (Å²) in [5, 5.41) is 65.6. The molecular formula is C58H53Cl4F2N5O10S2. The SMILES string of the molecule is CC(C)(O)c1onc(-c2c(Cl)cccc2Cl)c1COC1C[C@H]2CC[C@@H](C1)C2(O)c1nc2c(F)cc(C(=O)O)cc2s1.[C-]#[N+]c1cc(F)c2nc(C3(O)[C@@H]4CC[C@H]3CC(OCc3c(-c5c(Cl)cccc5Cl)noc3C(C)(C)O)C4)sc2c1. The van der Waals surface area contributed by atoms with Crippen LogP contribution in [0.1, 0.15) is 122 Å². The summed E-state index contributed by atoms with van der Waals surface area (Å²) in [4.78, 5) is 23.7. The molecule has 4 heterocycles. The predicted molar refractivity (Wildman–Crippen MR) is 303 cm³/mol. The van der Waals surface area contributed by atoms with Crippen LogP contribution in [0.15, 0.2) is 69.7 Å². The summed E-state index contributed by atoms with van der Waals surface area (Å²) in [6.45, 7) is 13.8. The third kappa shape index (κ3) is 10.5. The average Bonchev–Trinajstić information content (AvgIpc) is 3.89. The Morgan fingerprint density at radius 2 is 1.06 bits per heavy atom. The summed E-state index contributed by atoms with van der Waals surface area (Å²) in [6.07, 6.45) is 4.98. The quantitative estimate of drug-likeness (QED) is 0.0679. The van der Waals surface area contributed by atoms with Crippen LogP contribution in [0.5, 0.6) is 0 Å². The van der Waals surface area contributed by atoms with Crippen molar-refractivity contribution in [1.29, 1.82) is 0 Å². The first-order chi connectivity index (χ1) is 38.4. The molecule has 424 valence electrons. The second-order valence-corrected chi connectivity index (χ2v) is 26.1. The van der Waals surface area contributed by atoms with Crippen LogP contribution in [0.3, 0.4) is 0 Å². The molecular weight excluding hydrogens is 1170 g/mol. The maximum absolute atomic E-state index is 14.7. The molecule has 0 amide bonds. The lowest BCUT2D eigenvalue weighted by molar-refractivity contribution is -0.116. The zero-order chi connectivity index (χ0) is 57.7. The smallest absolute Gasteiger partial charge is 0.335 e. The molecule has 8 atom stereocenters. The summed E-state index contributed by atoms with van der Waals surface area (Å²) >= 11 is 28.2. The number of nitrogens with zero attached hydrogens (tertiary/aromatic N) is 5. The average molecular weight is 1220 g/mol. The van der Waals surface area contributed by atoms with Crippen molar-refractivity contribution < 1.29 is 57.6 Å². The van der Waals surface area contributed by atoms with Gasteiger partial charge in [0.2, 0.25) is 0 Å². The number of fused-ring (bicyclic) bond motifs is 6. The van der Waals surface area contributed by atoms with E-state index in [0.717, 1.165) is 43.1 Å². The van der Waals surface area contributed by atoms with E-state index in [-0.39, 0.29) is 82.9 Å². The number of benzene rings is 4. The van der Waals surface area contributed by atoms with Crippen molar-refractivity contribution in [3.05, 3.63) is 142 Å². The van der Waals surface area contributed by atoms with Crippen LogP contribution in [-0.4, -0.2) is 64.0 Å². The Labute approximate surface area is 491 Å². The zero-order valence-electron chi connectivity index (χ0n) is 43.9. The van der Waals surface area contributed by atoms with E-state index in [4.69, 9.17) is 71.5 Å². The van der Waals surface area contributed by atoms with Gasteiger partial charge < -0.3 is 44.1 Å². The molecule has 4 fully saturated rings. The largest absolute Gasteiger partial charge is 0.478 e. The number of aromatic carboxylic acids is 1. The number of thiazole rings is 2. The first-order valence-corrected chi connectivity index (χ1v) is 29.3. The van der Waals surface area contributed by atoms with Gasteiger partial charge in [0.15, 0.2) is 23.0 Å². The van der Waals surface area contributed by atoms with Crippen LogP contribution in [0.2, 0.25) is 20.1 Å². The highest BCUT2D eigenvalue weighted by molar-refractivity contribution is 7.19. The summed E-state index contributed by atoms with van der Waals surface area (Å²) in [5.41, 5.74) is -1.89. The standard InChI is InChI=1S/C29H26Cl2FN3O4S.C29H27Cl2FN2O6S/c1-28(2,36)26-18(24(35-39-26)23-19(30)5-4-6-20(23)31)13-38-17-9-14-7-8-15(10-17)29(14,37)27-34-25-21(32)11-16(33-3)12-22(25)40-27;1-28(2,37)25-17(23(34-40-25)22-18(30)4-3-5-19(22)31)12-39-16-10-14-6-7-15(11-16)29(14,38)27-33-24-20(32)8-13(26(35)36)9-21(24)41-27/h4-6,11-12,14-15,17,36-37H,7-10,13H2,1-2H3;3-5,8-9,14-16,37-38H,6-7,10-12H2,1-2H3,(H,35,36)/t14-,15+,17?,29?;14-,15+,16?,29?. The van der Waals surface area contributed by atoms with Gasteiger partial charge in [0.1, 0.15) is 60.7 Å². The highest BCUT2D eigenvalue weighted by atomic mass is 35.5. The van der Waals surface area contributed by atoms with Gasteiger partial charge >= 0.3 is 5.97 Å². The molecule has 0 saturated heterocycles. The number of aromatic nitrogens is 4. The van der Waals surface area contributed by atoms with E-state index in [1.165, 1.54) is 23.5 Å². The number of rotatable bonds is 13. The Balaban J connectivity index is 0.000000170. The molecule has 81 heavy (non-hydrogen) atoms. The number of hydrogen-bond acceptors (Lipinski definition) is 15. The van der Waals surface area contributed by atoms with Crippen molar-refractivity contribution in [3.8, 4) is 22.5 Å². The third-order valence-electron chi connectivity index (χ3n) is 16.4. The highest BCUT2D eigenvalue weighted by Crippen LogP contribution is 2.59. The lowest BCUT2D eigenvalue weighted by Gasteiger charge is -2.41. The second-order valence-electron chi connectivity index (χ2n) is 22.4. The molecule has 4 unspecified atom stereocenters. The molecule has 12 rings (SSSR count). The van der Waals surface area contributed by atoms with Crippen molar-refractivity contribution >= 4 is 101 Å². The van der Waals surface area contributed by atoms with Crippen molar-refractivity contribution in [1.82, 2.24) is 20.3 Å². The molecule has 4 bridgehead atoms. The minimum atomic E-state index is -1.34. The van der Waals surface area contributed by atoms with Gasteiger partial charge in [-0.2, -0.15) is 0 Å². The lowest BCUT2D eigenvalue weighted by Crippen LogP contribution is -2.44. The van der Waals surface area contributed by atoms with E-state index in [9.17, 15) is 39.1 Å². The van der Waals surface area contributed by atoms with Crippen molar-refractivity contribution in [2.75, 3.05) is 0 Å². The number of carboxylic acid groups (broad SMARTS) is 1. The van der Waals surface area contributed by atoms with E-state index in [1.54, 1.807) is 70.2 Å². The number of ether oxygens (including phenoxy) is 2. The molecule has 0 radical (unpaired) electrons. The first kappa shape index (κ1) is 57.6. The molecule has 5 N–H and O–H groups in total. The van der Waals surface area contributed by atoms with E-state index >= 15 is 0 Å². The molecule has 15 nitrogen and oxygen atoms in total. The zero-order valence-corrected chi connectivity index (χ0v) is 48.6. The van der Waals surface area contributed by atoms with Gasteiger partial charge in [0.25, 0.3) is 0 Å². The Kier molecular flexibility index (Phi) is 15.5. The van der Waals surface area contributed by atoms with Crippen LogP contribution in [-0.2, 0) is 45.1 Å². The van der Waals surface area contributed by atoms with E-state index in [1.807, 2.05) is 0 Å². The molecule has 23 heteroatoms. The molecule has 4 aromatic carbocycles. The number of halogens is 6. The maximum atomic E-state index is 14.7. The minimum absolute atomic E-state index is 0.0681. The van der Waals surface area contributed by atoms with Crippen molar-refractivity contribution in [2.45, 2.75) is 127 Å². The fraction of sp³-hybridized carbons (Fsp3) is 0.414. The minimum Gasteiger partial charge on any atom is -0.478 e. The summed E-state index contributed by atoms with van der Waals surface area (Å²) < 4.78 is 54.2. The summed E-state index contributed by atoms with van der Waals surface area (Å²) in [6, 6.07) is 15.4. The van der Waals surface area contributed by atoms with E-state index in [0.29, 0.717) is 98.8 Å². The fourth-order valence-electron chi connectivity index (χ4n) is 12.6. The van der Waals surface area contributed by atoms with Gasteiger partial charge in [-0.3, -0.25) is 0 Å². The number of carboxylic acids is 1. The van der Waals surface area contributed by atoms with Gasteiger partial charge in [-0.1, -0.05) is 68.8 Å². The van der Waals surface area contributed by atoms with E-state index in [2.05, 4.69) is 25.1 Å². The van der Waals surface area contributed by atoms with Gasteiger partial charge in [0.05, 0.1) is 73.5 Å². The van der Waals surface area contributed by atoms with Gasteiger partial charge in [0, 0.05) is 15.8 Å². The van der Waals surface area contributed by atoms with E-state index < -0.39 is 40.0 Å². The molecule has 0 spiro atoms. The topological polar surface area (TPSA) is 219 Å². The molecule has 4 aliphatic rings. The van der Waals surface area contributed by atoms with Gasteiger partial charge in [-0.05, 0) is 151 Å². The molecule has 0 aliphatic heterocycles. The van der Waals surface area contributed by atoms with Crippen molar-refractivity contribution in [3.63, 3.8) is 0 Å². The Morgan fingerprint density at radius 1 is 0.679 bits per heavy atom. The summed E-state index contributed by atoms with van der Waals surface area (Å²) in [7, 11) is 0. The van der Waals surface area contributed by atoms with Crippen LogP contribution < -0.4 is 0 Å².